The fourth-order valence-corrected chi connectivity index (χ4v) is 2.86. The largest absolute Gasteiger partial charge is 0.383 e. The molecule has 0 bridgehead atoms. The van der Waals surface area contributed by atoms with Crippen LogP contribution in [0.1, 0.15) is 20.9 Å². The molecule has 0 fully saturated rings. The van der Waals surface area contributed by atoms with E-state index in [1.807, 2.05) is 44.1 Å². The molecule has 2 aromatic rings. The first-order valence-electron chi connectivity index (χ1n) is 7.20. The summed E-state index contributed by atoms with van der Waals surface area (Å²) in [7, 11) is 3.78. The van der Waals surface area contributed by atoms with Crippen LogP contribution < -0.4 is 5.32 Å². The van der Waals surface area contributed by atoms with Crippen LogP contribution in [0.3, 0.4) is 0 Å². The van der Waals surface area contributed by atoms with Crippen molar-refractivity contribution in [1.82, 2.24) is 9.88 Å². The maximum absolute atomic E-state index is 12.1. The van der Waals surface area contributed by atoms with Crippen molar-refractivity contribution in [3.63, 3.8) is 0 Å². The van der Waals surface area contributed by atoms with Crippen LogP contribution in [-0.2, 0) is 6.42 Å². The third-order valence-corrected chi connectivity index (χ3v) is 4.21. The Morgan fingerprint density at radius 1 is 1.32 bits per heavy atom. The molecule has 0 aliphatic rings. The fourth-order valence-electron chi connectivity index (χ4n) is 1.95. The van der Waals surface area contributed by atoms with Crippen LogP contribution in [0.15, 0.2) is 42.6 Å². The lowest BCUT2D eigenvalue weighted by atomic mass is 10.1. The zero-order valence-corrected chi connectivity index (χ0v) is 14.0. The molecule has 116 valence electrons. The van der Waals surface area contributed by atoms with E-state index in [4.69, 9.17) is 0 Å². The van der Waals surface area contributed by atoms with Crippen LogP contribution in [-0.4, -0.2) is 36.3 Å². The van der Waals surface area contributed by atoms with Gasteiger partial charge in [-0.3, -0.25) is 4.79 Å². The quantitative estimate of drug-likeness (QED) is 0.628. The first-order valence-corrected chi connectivity index (χ1v) is 8.02. The number of nitrogens with one attached hydrogen (secondary N) is 1. The second kappa shape index (κ2) is 7.75. The van der Waals surface area contributed by atoms with E-state index >= 15 is 0 Å². The van der Waals surface area contributed by atoms with Crippen LogP contribution in [0.4, 0.5) is 5.13 Å². The monoisotopic (exact) mass is 315 g/mol. The third kappa shape index (κ3) is 4.70. The summed E-state index contributed by atoms with van der Waals surface area (Å²) in [6, 6.07) is 10.3. The van der Waals surface area contributed by atoms with Crippen LogP contribution in [0.25, 0.3) is 0 Å². The summed E-state index contributed by atoms with van der Waals surface area (Å²) in [6.45, 7) is 2.67. The molecule has 0 atom stereocenters. The Morgan fingerprint density at radius 3 is 2.73 bits per heavy atom. The number of allylic oxidation sites excluding steroid dienone is 1. The maximum atomic E-state index is 12.1. The van der Waals surface area contributed by atoms with E-state index in [0.717, 1.165) is 23.8 Å². The number of ketones is 1. The first-order chi connectivity index (χ1) is 10.6. The lowest BCUT2D eigenvalue weighted by Gasteiger charge is -2.02. The molecule has 0 saturated heterocycles. The molecule has 0 amide bonds. The van der Waals surface area contributed by atoms with E-state index in [2.05, 4.69) is 22.4 Å². The molecule has 0 spiro atoms. The topological polar surface area (TPSA) is 45.2 Å². The average molecular weight is 315 g/mol. The Kier molecular flexibility index (Phi) is 5.72. The molecule has 5 heteroatoms. The molecule has 2 rings (SSSR count). The van der Waals surface area contributed by atoms with Gasteiger partial charge in [-0.1, -0.05) is 41.7 Å². The SMILES string of the molecule is Cc1nc(NCCc2ccccc2)sc1C(=O)C=CN(C)C. The van der Waals surface area contributed by atoms with Crippen LogP contribution >= 0.6 is 11.3 Å². The molecule has 0 unspecified atom stereocenters. The van der Waals surface area contributed by atoms with Crippen LogP contribution in [0.5, 0.6) is 0 Å². The van der Waals surface area contributed by atoms with Gasteiger partial charge in [0.05, 0.1) is 10.6 Å². The Bertz CT molecular complexity index is 647. The highest BCUT2D eigenvalue weighted by Gasteiger charge is 2.12. The average Bonchev–Trinajstić information content (AvgIpc) is 2.87. The molecular weight excluding hydrogens is 294 g/mol. The number of aromatic nitrogens is 1. The minimum Gasteiger partial charge on any atom is -0.383 e. The first kappa shape index (κ1) is 16.2. The van der Waals surface area contributed by atoms with Gasteiger partial charge in [-0.2, -0.15) is 0 Å². The summed E-state index contributed by atoms with van der Waals surface area (Å²) in [4.78, 5) is 19.1. The Balaban J connectivity index is 1.93. The second-order valence-corrected chi connectivity index (χ2v) is 6.24. The van der Waals surface area contributed by atoms with E-state index in [1.165, 1.54) is 16.9 Å². The predicted molar refractivity (Wildman–Crippen MR) is 92.6 cm³/mol. The molecule has 0 radical (unpaired) electrons. The number of nitrogens with zero attached hydrogens (tertiary/aromatic N) is 2. The highest BCUT2D eigenvalue weighted by atomic mass is 32.1. The zero-order chi connectivity index (χ0) is 15.9. The Hall–Kier alpha value is -2.14. The van der Waals surface area contributed by atoms with Gasteiger partial charge in [-0.15, -0.1) is 0 Å². The van der Waals surface area contributed by atoms with Crippen molar-refractivity contribution in [2.24, 2.45) is 0 Å². The van der Waals surface area contributed by atoms with Gasteiger partial charge in [0.2, 0.25) is 0 Å². The number of carbonyl (C=O) groups excluding carboxylic acids is 1. The van der Waals surface area contributed by atoms with E-state index in [-0.39, 0.29) is 5.78 Å². The number of thiazole rings is 1. The Labute approximate surface area is 135 Å². The standard InChI is InChI=1S/C17H21N3OS/c1-13-16(15(21)10-12-20(2)3)22-17(19-13)18-11-9-14-7-5-4-6-8-14/h4-8,10,12H,9,11H2,1-3H3,(H,18,19). The number of benzene rings is 1. The van der Waals surface area contributed by atoms with E-state index < -0.39 is 0 Å². The van der Waals surface area contributed by atoms with Gasteiger partial charge >= 0.3 is 0 Å². The van der Waals surface area contributed by atoms with Crippen molar-refractivity contribution in [1.29, 1.82) is 0 Å². The van der Waals surface area contributed by atoms with Gasteiger partial charge in [0.15, 0.2) is 10.9 Å². The number of aryl methyl sites for hydroxylation is 1. The molecule has 4 nitrogen and oxygen atoms in total. The summed E-state index contributed by atoms with van der Waals surface area (Å²) in [5.41, 5.74) is 2.06. The molecule has 0 aliphatic heterocycles. The minimum absolute atomic E-state index is 0.000177. The highest BCUT2D eigenvalue weighted by Crippen LogP contribution is 2.23. The van der Waals surface area contributed by atoms with Crippen molar-refractivity contribution in [2.45, 2.75) is 13.3 Å². The number of anilines is 1. The number of rotatable bonds is 7. The molecule has 22 heavy (non-hydrogen) atoms. The van der Waals surface area contributed by atoms with E-state index in [1.54, 1.807) is 12.3 Å². The van der Waals surface area contributed by atoms with Gasteiger partial charge in [0.1, 0.15) is 0 Å². The normalized spacial score (nSPS) is 10.9. The lowest BCUT2D eigenvalue weighted by molar-refractivity contribution is 0.104. The van der Waals surface area contributed by atoms with Crippen molar-refractivity contribution in [3.8, 4) is 0 Å². The van der Waals surface area contributed by atoms with Crippen LogP contribution in [0, 0.1) is 6.92 Å². The number of carbonyl (C=O) groups is 1. The summed E-state index contributed by atoms with van der Waals surface area (Å²) < 4.78 is 0. The van der Waals surface area contributed by atoms with Gasteiger partial charge in [0.25, 0.3) is 0 Å². The zero-order valence-electron chi connectivity index (χ0n) is 13.2. The number of hydrogen-bond acceptors (Lipinski definition) is 5. The Morgan fingerprint density at radius 2 is 2.05 bits per heavy atom. The van der Waals surface area contributed by atoms with Gasteiger partial charge in [0, 0.05) is 32.9 Å². The molecule has 1 aromatic carbocycles. The second-order valence-electron chi connectivity index (χ2n) is 5.24. The lowest BCUT2D eigenvalue weighted by Crippen LogP contribution is -2.04. The molecule has 0 aliphatic carbocycles. The summed E-state index contributed by atoms with van der Waals surface area (Å²) in [6.07, 6.45) is 4.27. The van der Waals surface area contributed by atoms with Crippen molar-refractivity contribution < 1.29 is 4.79 Å². The van der Waals surface area contributed by atoms with Crippen molar-refractivity contribution >= 4 is 22.3 Å². The maximum Gasteiger partial charge on any atom is 0.199 e. The fraction of sp³-hybridized carbons (Fsp3) is 0.294. The summed E-state index contributed by atoms with van der Waals surface area (Å²) >= 11 is 1.41. The predicted octanol–water partition coefficient (Wildman–Crippen LogP) is 3.36. The third-order valence-electron chi connectivity index (χ3n) is 3.08. The minimum atomic E-state index is -0.000177. The molecule has 1 N–H and O–H groups in total. The van der Waals surface area contributed by atoms with Crippen molar-refractivity contribution in [2.75, 3.05) is 26.0 Å². The van der Waals surface area contributed by atoms with Crippen LogP contribution in [0.2, 0.25) is 0 Å². The molecular formula is C17H21N3OS. The molecule has 1 heterocycles. The summed E-state index contributed by atoms with van der Waals surface area (Å²) in [5, 5.41) is 4.10. The van der Waals surface area contributed by atoms with Gasteiger partial charge < -0.3 is 10.2 Å². The van der Waals surface area contributed by atoms with Gasteiger partial charge in [-0.25, -0.2) is 4.98 Å². The number of hydrogen-bond donors (Lipinski definition) is 1. The smallest absolute Gasteiger partial charge is 0.199 e. The van der Waals surface area contributed by atoms with Gasteiger partial charge in [-0.05, 0) is 18.9 Å². The van der Waals surface area contributed by atoms with Crippen molar-refractivity contribution in [3.05, 3.63) is 58.7 Å². The molecule has 1 aromatic heterocycles. The van der Waals surface area contributed by atoms with E-state index in [9.17, 15) is 4.79 Å². The highest BCUT2D eigenvalue weighted by molar-refractivity contribution is 7.17. The summed E-state index contributed by atoms with van der Waals surface area (Å²) in [5.74, 6) is -0.000177. The molecule has 0 saturated carbocycles. The van der Waals surface area contributed by atoms with E-state index in [0.29, 0.717) is 4.88 Å².